The first-order chi connectivity index (χ1) is 17.4. The van der Waals surface area contributed by atoms with E-state index in [4.69, 9.17) is 4.74 Å². The zero-order valence-electron chi connectivity index (χ0n) is 21.1. The largest absolute Gasteiger partial charge is 0.449 e. The highest BCUT2D eigenvalue weighted by atomic mass is 19.1. The molecule has 36 heavy (non-hydrogen) atoms. The smallest absolute Gasteiger partial charge is 0.409 e. The molecule has 196 valence electrons. The lowest BCUT2D eigenvalue weighted by molar-refractivity contribution is 0.0362. The molecule has 3 fully saturated rings. The van der Waals surface area contributed by atoms with Crippen molar-refractivity contribution in [1.82, 2.24) is 15.5 Å². The maximum atomic E-state index is 15.4. The van der Waals surface area contributed by atoms with E-state index in [2.05, 4.69) is 29.3 Å². The van der Waals surface area contributed by atoms with E-state index in [1.165, 1.54) is 17.7 Å². The van der Waals surface area contributed by atoms with Crippen LogP contribution in [0.15, 0.2) is 47.0 Å². The quantitative estimate of drug-likeness (QED) is 0.380. The predicted molar refractivity (Wildman–Crippen MR) is 139 cm³/mol. The van der Waals surface area contributed by atoms with Crippen LogP contribution in [-0.2, 0) is 4.74 Å². The summed E-state index contributed by atoms with van der Waals surface area (Å²) in [5.74, 6) is 0.491. The summed E-state index contributed by atoms with van der Waals surface area (Å²) in [6, 6.07) is 6.42. The lowest BCUT2D eigenvalue weighted by atomic mass is 9.93. The Morgan fingerprint density at radius 1 is 1.25 bits per heavy atom. The fourth-order valence-electron chi connectivity index (χ4n) is 5.03. The Morgan fingerprint density at radius 2 is 1.94 bits per heavy atom. The minimum atomic E-state index is -1.31. The van der Waals surface area contributed by atoms with Gasteiger partial charge in [0.2, 0.25) is 0 Å². The van der Waals surface area contributed by atoms with Crippen LogP contribution < -0.4 is 10.6 Å². The first-order valence-corrected chi connectivity index (χ1v) is 13.0. The molecule has 2 heterocycles. The third kappa shape index (κ3) is 7.23. The minimum Gasteiger partial charge on any atom is -0.449 e. The molecule has 3 aliphatic rings. The molecule has 1 saturated carbocycles. The molecule has 4 rings (SSSR count). The predicted octanol–water partition coefficient (Wildman–Crippen LogP) is 4.73. The van der Waals surface area contributed by atoms with Gasteiger partial charge in [0.1, 0.15) is 11.5 Å². The molecule has 1 aromatic rings. The van der Waals surface area contributed by atoms with Gasteiger partial charge in [-0.05, 0) is 88.2 Å². The molecule has 0 spiro atoms. The maximum absolute atomic E-state index is 15.4. The SMILES string of the molecule is C=N/C(=C\C=C(/C)C1CC1NCC1(F)CCN(C(=O)OCC2CCNCC2)CC1)c1ccc(F)cc1. The number of nitrogens with one attached hydrogen (secondary N) is 2. The molecule has 2 unspecified atom stereocenters. The van der Waals surface area contributed by atoms with Crippen LogP contribution in [0.5, 0.6) is 0 Å². The molecule has 0 bridgehead atoms. The van der Waals surface area contributed by atoms with E-state index in [1.807, 2.05) is 12.2 Å². The topological polar surface area (TPSA) is 66.0 Å². The molecule has 0 aromatic heterocycles. The Balaban J connectivity index is 1.18. The molecule has 1 aromatic carbocycles. The van der Waals surface area contributed by atoms with Crippen molar-refractivity contribution in [2.24, 2.45) is 16.8 Å². The van der Waals surface area contributed by atoms with E-state index in [0.717, 1.165) is 37.9 Å². The van der Waals surface area contributed by atoms with Crippen molar-refractivity contribution in [3.63, 3.8) is 0 Å². The molecule has 2 atom stereocenters. The Bertz CT molecular complexity index is 964. The monoisotopic (exact) mass is 500 g/mol. The van der Waals surface area contributed by atoms with Gasteiger partial charge >= 0.3 is 6.09 Å². The van der Waals surface area contributed by atoms with E-state index in [9.17, 15) is 9.18 Å². The lowest BCUT2D eigenvalue weighted by Crippen LogP contribution is -2.49. The molecule has 2 saturated heterocycles. The van der Waals surface area contributed by atoms with Gasteiger partial charge in [0.05, 0.1) is 12.3 Å². The zero-order chi connectivity index (χ0) is 25.5. The Hall–Kier alpha value is -2.58. The van der Waals surface area contributed by atoms with Crippen molar-refractivity contribution < 1.29 is 18.3 Å². The van der Waals surface area contributed by atoms with Crippen LogP contribution in [0.3, 0.4) is 0 Å². The highest BCUT2D eigenvalue weighted by Crippen LogP contribution is 2.38. The highest BCUT2D eigenvalue weighted by Gasteiger charge is 2.42. The Morgan fingerprint density at radius 3 is 2.61 bits per heavy atom. The third-order valence-corrected chi connectivity index (χ3v) is 7.69. The summed E-state index contributed by atoms with van der Waals surface area (Å²) in [7, 11) is 0. The number of hydrogen-bond acceptors (Lipinski definition) is 5. The zero-order valence-corrected chi connectivity index (χ0v) is 21.1. The fraction of sp³-hybridized carbons (Fsp3) is 0.571. The summed E-state index contributed by atoms with van der Waals surface area (Å²) in [6.07, 6.45) is 7.26. The van der Waals surface area contributed by atoms with Crippen molar-refractivity contribution in [2.45, 2.75) is 50.7 Å². The molecule has 0 radical (unpaired) electrons. The van der Waals surface area contributed by atoms with Gasteiger partial charge < -0.3 is 20.3 Å². The number of aliphatic imine (C=N–C) groups is 1. The number of nitrogens with zero attached hydrogens (tertiary/aromatic N) is 2. The number of ether oxygens (including phenoxy) is 1. The number of allylic oxidation sites excluding steroid dienone is 2. The van der Waals surface area contributed by atoms with Crippen molar-refractivity contribution in [2.75, 3.05) is 39.3 Å². The number of carbonyl (C=O) groups is 1. The molecule has 2 aliphatic heterocycles. The number of rotatable bonds is 9. The average molecular weight is 501 g/mol. The fourth-order valence-corrected chi connectivity index (χ4v) is 5.03. The number of carbonyl (C=O) groups excluding carboxylic acids is 1. The maximum Gasteiger partial charge on any atom is 0.409 e. The lowest BCUT2D eigenvalue weighted by Gasteiger charge is -2.36. The van der Waals surface area contributed by atoms with Crippen LogP contribution in [0.1, 0.15) is 44.6 Å². The summed E-state index contributed by atoms with van der Waals surface area (Å²) in [6.45, 7) is 9.16. The van der Waals surface area contributed by atoms with Crippen LogP contribution in [0.25, 0.3) is 5.70 Å². The van der Waals surface area contributed by atoms with E-state index >= 15 is 4.39 Å². The van der Waals surface area contributed by atoms with Gasteiger partial charge in [0.15, 0.2) is 0 Å². The van der Waals surface area contributed by atoms with Crippen LogP contribution in [0.4, 0.5) is 13.6 Å². The van der Waals surface area contributed by atoms with Gasteiger partial charge in [-0.2, -0.15) is 0 Å². The highest BCUT2D eigenvalue weighted by molar-refractivity contribution is 5.69. The van der Waals surface area contributed by atoms with Gasteiger partial charge in [-0.1, -0.05) is 11.6 Å². The molecule has 6 nitrogen and oxygen atoms in total. The second-order valence-corrected chi connectivity index (χ2v) is 10.4. The Labute approximate surface area is 212 Å². The van der Waals surface area contributed by atoms with Crippen LogP contribution >= 0.6 is 0 Å². The van der Waals surface area contributed by atoms with E-state index in [0.29, 0.717) is 56.6 Å². The van der Waals surface area contributed by atoms with Crippen LogP contribution in [0.2, 0.25) is 0 Å². The molecule has 8 heteroatoms. The molecule has 2 N–H and O–H groups in total. The van der Waals surface area contributed by atoms with Gasteiger partial charge in [0.25, 0.3) is 0 Å². The number of piperidine rings is 2. The number of benzene rings is 1. The minimum absolute atomic E-state index is 0.251. The van der Waals surface area contributed by atoms with Gasteiger partial charge in [0, 0.05) is 44.1 Å². The summed E-state index contributed by atoms with van der Waals surface area (Å²) in [4.78, 5) is 18.1. The first-order valence-electron chi connectivity index (χ1n) is 13.0. The van der Waals surface area contributed by atoms with Crippen molar-refractivity contribution >= 4 is 18.5 Å². The number of alkyl halides is 1. The Kier molecular flexibility index (Phi) is 8.90. The number of amides is 1. The number of likely N-dealkylation sites (tertiary alicyclic amines) is 1. The van der Waals surface area contributed by atoms with E-state index < -0.39 is 5.67 Å². The van der Waals surface area contributed by atoms with E-state index in [-0.39, 0.29) is 18.0 Å². The van der Waals surface area contributed by atoms with Gasteiger partial charge in [-0.25, -0.2) is 13.6 Å². The van der Waals surface area contributed by atoms with Crippen molar-refractivity contribution in [3.05, 3.63) is 53.4 Å². The first kappa shape index (κ1) is 26.5. The van der Waals surface area contributed by atoms with Gasteiger partial charge in [-0.3, -0.25) is 4.99 Å². The molecule has 1 aliphatic carbocycles. The summed E-state index contributed by atoms with van der Waals surface area (Å²) >= 11 is 0. The second-order valence-electron chi connectivity index (χ2n) is 10.4. The van der Waals surface area contributed by atoms with Gasteiger partial charge in [-0.15, -0.1) is 0 Å². The standard InChI is InChI=1S/C28H38F2N4O2/c1-20(3-8-25(31-2)22-4-6-23(29)7-5-22)24-17-26(24)33-19-28(30)11-15-34(16-12-28)27(35)36-18-21-9-13-32-14-10-21/h3-8,21,24,26,32-33H,2,9-19H2,1H3/b20-3+,25-8-. The average Bonchev–Trinajstić information content (AvgIpc) is 3.68. The summed E-state index contributed by atoms with van der Waals surface area (Å²) < 4.78 is 34.1. The number of halogens is 2. The van der Waals surface area contributed by atoms with Crippen molar-refractivity contribution in [1.29, 1.82) is 0 Å². The molecular weight excluding hydrogens is 462 g/mol. The number of hydrogen-bond donors (Lipinski definition) is 2. The summed E-state index contributed by atoms with van der Waals surface area (Å²) in [5, 5.41) is 6.70. The van der Waals surface area contributed by atoms with Crippen LogP contribution in [-0.4, -0.2) is 68.8 Å². The van der Waals surface area contributed by atoms with E-state index in [1.54, 1.807) is 17.0 Å². The second kappa shape index (κ2) is 12.1. The summed E-state index contributed by atoms with van der Waals surface area (Å²) in [5.41, 5.74) is 1.37. The molecular formula is C28H38F2N4O2. The normalized spacial score (nSPS) is 24.9. The van der Waals surface area contributed by atoms with Crippen LogP contribution in [0, 0.1) is 17.7 Å². The molecule has 1 amide bonds. The van der Waals surface area contributed by atoms with Crippen molar-refractivity contribution in [3.8, 4) is 0 Å². The third-order valence-electron chi connectivity index (χ3n) is 7.69.